The second-order valence-corrected chi connectivity index (χ2v) is 7.53. The lowest BCUT2D eigenvalue weighted by molar-refractivity contribution is -0.118. The molecule has 1 heterocycles. The van der Waals surface area contributed by atoms with Crippen LogP contribution in [0.5, 0.6) is 5.75 Å². The Morgan fingerprint density at radius 2 is 1.61 bits per heavy atom. The average molecular weight is 375 g/mol. The van der Waals surface area contributed by atoms with Crippen molar-refractivity contribution in [3.8, 4) is 5.75 Å². The summed E-state index contributed by atoms with van der Waals surface area (Å²) in [7, 11) is 0. The SMILES string of the molecule is CC(C)(C)c1ccc(Nc2ccc(NC(=O)COc3ccccc3)cn2)cc1. The highest BCUT2D eigenvalue weighted by molar-refractivity contribution is 5.91. The fraction of sp³-hybridized carbons (Fsp3) is 0.217. The van der Waals surface area contributed by atoms with Crippen molar-refractivity contribution in [3.63, 3.8) is 0 Å². The van der Waals surface area contributed by atoms with Crippen molar-refractivity contribution in [3.05, 3.63) is 78.5 Å². The molecule has 0 aliphatic rings. The number of para-hydroxylation sites is 1. The molecule has 3 aromatic rings. The van der Waals surface area contributed by atoms with Crippen molar-refractivity contribution in [1.29, 1.82) is 0 Å². The molecule has 1 aromatic heterocycles. The van der Waals surface area contributed by atoms with Crippen LogP contribution in [-0.2, 0) is 10.2 Å². The number of nitrogens with zero attached hydrogens (tertiary/aromatic N) is 1. The van der Waals surface area contributed by atoms with Crippen molar-refractivity contribution in [2.75, 3.05) is 17.2 Å². The van der Waals surface area contributed by atoms with Gasteiger partial charge in [-0.05, 0) is 47.4 Å². The summed E-state index contributed by atoms with van der Waals surface area (Å²) in [6.45, 7) is 6.52. The lowest BCUT2D eigenvalue weighted by Gasteiger charge is -2.19. The maximum absolute atomic E-state index is 12.0. The minimum atomic E-state index is -0.232. The van der Waals surface area contributed by atoms with Gasteiger partial charge in [0.05, 0.1) is 11.9 Å². The van der Waals surface area contributed by atoms with Crippen LogP contribution in [0.4, 0.5) is 17.2 Å². The fourth-order valence-corrected chi connectivity index (χ4v) is 2.61. The quantitative estimate of drug-likeness (QED) is 0.626. The predicted molar refractivity (Wildman–Crippen MR) is 113 cm³/mol. The van der Waals surface area contributed by atoms with Crippen LogP contribution in [0, 0.1) is 0 Å². The van der Waals surface area contributed by atoms with E-state index >= 15 is 0 Å². The van der Waals surface area contributed by atoms with Crippen molar-refractivity contribution in [1.82, 2.24) is 4.98 Å². The number of hydrogen-bond acceptors (Lipinski definition) is 4. The molecule has 5 heteroatoms. The zero-order valence-electron chi connectivity index (χ0n) is 16.4. The molecule has 0 saturated carbocycles. The maximum Gasteiger partial charge on any atom is 0.262 e. The van der Waals surface area contributed by atoms with Gasteiger partial charge in [-0.2, -0.15) is 0 Å². The summed E-state index contributed by atoms with van der Waals surface area (Å²) in [5.74, 6) is 1.14. The summed E-state index contributed by atoms with van der Waals surface area (Å²) < 4.78 is 5.43. The van der Waals surface area contributed by atoms with Crippen molar-refractivity contribution >= 4 is 23.1 Å². The van der Waals surface area contributed by atoms with E-state index in [4.69, 9.17) is 4.74 Å². The normalized spacial score (nSPS) is 11.0. The molecular weight excluding hydrogens is 350 g/mol. The minimum Gasteiger partial charge on any atom is -0.484 e. The van der Waals surface area contributed by atoms with E-state index in [-0.39, 0.29) is 17.9 Å². The van der Waals surface area contributed by atoms with Crippen LogP contribution in [-0.4, -0.2) is 17.5 Å². The molecule has 0 saturated heterocycles. The Hall–Kier alpha value is -3.34. The topological polar surface area (TPSA) is 63.2 Å². The second-order valence-electron chi connectivity index (χ2n) is 7.53. The van der Waals surface area contributed by atoms with E-state index < -0.39 is 0 Å². The smallest absolute Gasteiger partial charge is 0.262 e. The van der Waals surface area contributed by atoms with Crippen LogP contribution >= 0.6 is 0 Å². The number of hydrogen-bond donors (Lipinski definition) is 2. The molecule has 2 N–H and O–H groups in total. The summed E-state index contributed by atoms with van der Waals surface area (Å²) in [4.78, 5) is 16.3. The van der Waals surface area contributed by atoms with E-state index in [9.17, 15) is 4.79 Å². The van der Waals surface area contributed by atoms with Crippen LogP contribution in [0.15, 0.2) is 72.9 Å². The predicted octanol–water partition coefficient (Wildman–Crippen LogP) is 5.14. The van der Waals surface area contributed by atoms with Crippen LogP contribution in [0.2, 0.25) is 0 Å². The molecule has 144 valence electrons. The number of pyridine rings is 1. The first-order valence-electron chi connectivity index (χ1n) is 9.21. The first kappa shape index (κ1) is 19.4. The number of carbonyl (C=O) groups is 1. The number of benzene rings is 2. The Kier molecular flexibility index (Phi) is 5.94. The number of nitrogens with one attached hydrogen (secondary N) is 2. The monoisotopic (exact) mass is 375 g/mol. The summed E-state index contributed by atoms with van der Waals surface area (Å²) in [6.07, 6.45) is 1.62. The standard InChI is InChI=1S/C23H25N3O2/c1-23(2,3)17-9-11-18(12-10-17)25-21-14-13-19(15-24-21)26-22(27)16-28-20-7-5-4-6-8-20/h4-15H,16H2,1-3H3,(H,24,25)(H,26,27). The van der Waals surface area contributed by atoms with Gasteiger partial charge in [0.1, 0.15) is 11.6 Å². The van der Waals surface area contributed by atoms with E-state index in [2.05, 4.69) is 48.5 Å². The Bertz CT molecular complexity index is 899. The molecule has 0 bridgehead atoms. The third-order valence-corrected chi connectivity index (χ3v) is 4.18. The van der Waals surface area contributed by atoms with Gasteiger partial charge in [0.25, 0.3) is 5.91 Å². The van der Waals surface area contributed by atoms with E-state index in [0.29, 0.717) is 17.3 Å². The highest BCUT2D eigenvalue weighted by Crippen LogP contribution is 2.24. The highest BCUT2D eigenvalue weighted by Gasteiger charge is 2.12. The van der Waals surface area contributed by atoms with E-state index in [1.165, 1.54) is 5.56 Å². The molecule has 0 unspecified atom stereocenters. The molecule has 28 heavy (non-hydrogen) atoms. The van der Waals surface area contributed by atoms with E-state index in [0.717, 1.165) is 5.69 Å². The molecule has 0 atom stereocenters. The number of carbonyl (C=O) groups excluding carboxylic acids is 1. The summed E-state index contributed by atoms with van der Waals surface area (Å²) in [5, 5.41) is 6.03. The molecule has 2 aromatic carbocycles. The molecule has 0 radical (unpaired) electrons. The van der Waals surface area contributed by atoms with Crippen LogP contribution in [0.3, 0.4) is 0 Å². The van der Waals surface area contributed by atoms with Gasteiger partial charge in [-0.15, -0.1) is 0 Å². The lowest BCUT2D eigenvalue weighted by atomic mass is 9.87. The number of amides is 1. The summed E-state index contributed by atoms with van der Waals surface area (Å²) in [6, 6.07) is 21.2. The van der Waals surface area contributed by atoms with Gasteiger partial charge in [-0.1, -0.05) is 51.1 Å². The van der Waals surface area contributed by atoms with Gasteiger partial charge in [-0.25, -0.2) is 4.98 Å². The van der Waals surface area contributed by atoms with Crippen LogP contribution in [0.25, 0.3) is 0 Å². The van der Waals surface area contributed by atoms with E-state index in [1.54, 1.807) is 12.3 Å². The Balaban J connectivity index is 1.52. The van der Waals surface area contributed by atoms with Gasteiger partial charge in [0.15, 0.2) is 6.61 Å². The molecule has 0 spiro atoms. The molecule has 0 fully saturated rings. The van der Waals surface area contributed by atoms with Gasteiger partial charge in [0.2, 0.25) is 0 Å². The van der Waals surface area contributed by atoms with Gasteiger partial charge >= 0.3 is 0 Å². The highest BCUT2D eigenvalue weighted by atomic mass is 16.5. The van der Waals surface area contributed by atoms with E-state index in [1.807, 2.05) is 48.5 Å². The number of aromatic nitrogens is 1. The summed E-state index contributed by atoms with van der Waals surface area (Å²) >= 11 is 0. The molecule has 1 amide bonds. The van der Waals surface area contributed by atoms with Crippen LogP contribution in [0.1, 0.15) is 26.3 Å². The first-order chi connectivity index (χ1) is 13.4. The Labute approximate surface area is 165 Å². The van der Waals surface area contributed by atoms with Crippen molar-refractivity contribution in [2.24, 2.45) is 0 Å². The average Bonchev–Trinajstić information content (AvgIpc) is 2.68. The fourth-order valence-electron chi connectivity index (χ4n) is 2.61. The summed E-state index contributed by atoms with van der Waals surface area (Å²) in [5.41, 5.74) is 2.99. The number of rotatable bonds is 6. The Morgan fingerprint density at radius 1 is 0.929 bits per heavy atom. The third-order valence-electron chi connectivity index (χ3n) is 4.18. The number of anilines is 3. The minimum absolute atomic E-state index is 0.0514. The molecular formula is C23H25N3O2. The molecule has 0 aliphatic heterocycles. The molecule has 3 rings (SSSR count). The van der Waals surface area contributed by atoms with Gasteiger partial charge in [0, 0.05) is 5.69 Å². The molecule has 0 aliphatic carbocycles. The Morgan fingerprint density at radius 3 is 2.21 bits per heavy atom. The molecule has 5 nitrogen and oxygen atoms in total. The second kappa shape index (κ2) is 8.57. The zero-order valence-corrected chi connectivity index (χ0v) is 16.4. The van der Waals surface area contributed by atoms with Gasteiger partial charge < -0.3 is 15.4 Å². The van der Waals surface area contributed by atoms with Crippen LogP contribution < -0.4 is 15.4 Å². The van der Waals surface area contributed by atoms with Crippen molar-refractivity contribution in [2.45, 2.75) is 26.2 Å². The zero-order chi connectivity index (χ0) is 20.0. The van der Waals surface area contributed by atoms with Crippen molar-refractivity contribution < 1.29 is 9.53 Å². The first-order valence-corrected chi connectivity index (χ1v) is 9.21. The third kappa shape index (κ3) is 5.58. The maximum atomic E-state index is 12.0. The largest absolute Gasteiger partial charge is 0.484 e. The lowest BCUT2D eigenvalue weighted by Crippen LogP contribution is -2.20. The number of ether oxygens (including phenoxy) is 1. The van der Waals surface area contributed by atoms with Gasteiger partial charge in [-0.3, -0.25) is 4.79 Å².